The molecule has 0 fully saturated rings. The molecule has 8 heavy (non-hydrogen) atoms. The summed E-state index contributed by atoms with van der Waals surface area (Å²) in [4.78, 5) is 0. The minimum atomic E-state index is 0.995. The maximum Gasteiger partial charge on any atom is -0.0162 e. The first kappa shape index (κ1) is 7.30. The highest BCUT2D eigenvalue weighted by Crippen LogP contribution is 1.92. The Morgan fingerprint density at radius 2 is 2.38 bits per heavy atom. The molecular formula is C8H11. The Morgan fingerprint density at radius 3 is 2.88 bits per heavy atom. The summed E-state index contributed by atoms with van der Waals surface area (Å²) < 4.78 is 0. The van der Waals surface area contributed by atoms with Gasteiger partial charge in [-0.1, -0.05) is 25.3 Å². The van der Waals surface area contributed by atoms with E-state index in [-0.39, 0.29) is 0 Å². The Labute approximate surface area is 51.6 Å². The van der Waals surface area contributed by atoms with Crippen LogP contribution in [0.2, 0.25) is 0 Å². The van der Waals surface area contributed by atoms with Gasteiger partial charge < -0.3 is 0 Å². The molecule has 0 rings (SSSR count). The first-order valence-corrected chi connectivity index (χ1v) is 2.82. The summed E-state index contributed by atoms with van der Waals surface area (Å²) in [6.45, 7) is 3.70. The molecule has 0 aliphatic heterocycles. The maximum atomic E-state index is 4.96. The average Bonchev–Trinajstić information content (AvgIpc) is 1.81. The lowest BCUT2D eigenvalue weighted by Crippen LogP contribution is -1.64. The van der Waals surface area contributed by atoms with Crippen LogP contribution in [-0.2, 0) is 0 Å². The van der Waals surface area contributed by atoms with Gasteiger partial charge in [0, 0.05) is 0 Å². The molecule has 0 unspecified atom stereocenters. The zero-order valence-electron chi connectivity index (χ0n) is 5.06. The summed E-state index contributed by atoms with van der Waals surface area (Å²) in [5.74, 6) is 2.43. The van der Waals surface area contributed by atoms with Crippen molar-refractivity contribution in [3.63, 3.8) is 0 Å². The Morgan fingerprint density at radius 1 is 1.62 bits per heavy atom. The van der Waals surface area contributed by atoms with E-state index < -0.39 is 0 Å². The largest absolute Gasteiger partial charge is 0.115 e. The van der Waals surface area contributed by atoms with Gasteiger partial charge >= 0.3 is 0 Å². The molecule has 0 nitrogen and oxygen atoms in total. The van der Waals surface area contributed by atoms with Crippen LogP contribution in [0.5, 0.6) is 0 Å². The second-order valence-corrected chi connectivity index (χ2v) is 1.56. The highest BCUT2D eigenvalue weighted by molar-refractivity contribution is 5.08. The van der Waals surface area contributed by atoms with E-state index in [4.69, 9.17) is 6.42 Å². The predicted octanol–water partition coefficient (Wildman–Crippen LogP) is 2.18. The third-order valence-electron chi connectivity index (χ3n) is 0.835. The fourth-order valence-corrected chi connectivity index (χ4v) is 0.414. The summed E-state index contributed by atoms with van der Waals surface area (Å²) in [5.41, 5.74) is 0. The molecule has 0 atom stereocenters. The van der Waals surface area contributed by atoms with E-state index in [2.05, 4.69) is 12.8 Å². The molecule has 0 heteroatoms. The highest BCUT2D eigenvalue weighted by atomic mass is 13.8. The molecule has 1 radical (unpaired) electrons. The standard InChI is InChI=1S/C8H11/c1-3-5-7-8-6-4-2/h1,5,7H,2,4,6,8H2. The van der Waals surface area contributed by atoms with E-state index in [1.54, 1.807) is 6.08 Å². The van der Waals surface area contributed by atoms with E-state index in [1.165, 1.54) is 0 Å². The Kier molecular flexibility index (Phi) is 5.75. The third-order valence-corrected chi connectivity index (χ3v) is 0.835. The van der Waals surface area contributed by atoms with Crippen molar-refractivity contribution in [2.24, 2.45) is 0 Å². The fraction of sp³-hybridized carbons (Fsp3) is 0.375. The first-order valence-electron chi connectivity index (χ1n) is 2.82. The monoisotopic (exact) mass is 107 g/mol. The number of unbranched alkanes of at least 4 members (excludes halogenated alkanes) is 2. The molecule has 0 bridgehead atoms. The van der Waals surface area contributed by atoms with Crippen LogP contribution in [0.25, 0.3) is 0 Å². The second-order valence-electron chi connectivity index (χ2n) is 1.56. The molecule has 0 amide bonds. The van der Waals surface area contributed by atoms with Crippen LogP contribution < -0.4 is 0 Å². The van der Waals surface area contributed by atoms with Crippen LogP contribution in [0, 0.1) is 19.3 Å². The molecule has 0 saturated carbocycles. The SMILES string of the molecule is C#CC=CCCC[CH2]. The van der Waals surface area contributed by atoms with Gasteiger partial charge in [0.2, 0.25) is 0 Å². The smallest absolute Gasteiger partial charge is 0.0162 e. The van der Waals surface area contributed by atoms with Crippen molar-refractivity contribution < 1.29 is 0 Å². The van der Waals surface area contributed by atoms with E-state index in [0.29, 0.717) is 0 Å². The summed E-state index contributed by atoms with van der Waals surface area (Å²) in [6, 6.07) is 0. The molecule has 0 N–H and O–H groups in total. The van der Waals surface area contributed by atoms with Crippen LogP contribution in [-0.4, -0.2) is 0 Å². The zero-order chi connectivity index (χ0) is 6.24. The molecule has 0 aromatic carbocycles. The molecular weight excluding hydrogens is 96.1 g/mol. The van der Waals surface area contributed by atoms with E-state index >= 15 is 0 Å². The van der Waals surface area contributed by atoms with Crippen LogP contribution in [0.4, 0.5) is 0 Å². The van der Waals surface area contributed by atoms with Crippen LogP contribution in [0.15, 0.2) is 12.2 Å². The van der Waals surface area contributed by atoms with Gasteiger partial charge in [-0.05, 0) is 18.9 Å². The highest BCUT2D eigenvalue weighted by Gasteiger charge is 1.74. The number of hydrogen-bond acceptors (Lipinski definition) is 0. The van der Waals surface area contributed by atoms with Crippen molar-refractivity contribution in [2.75, 3.05) is 0 Å². The maximum absolute atomic E-state index is 4.96. The lowest BCUT2D eigenvalue weighted by Gasteiger charge is -1.83. The normalized spacial score (nSPS) is 9.50. The lowest BCUT2D eigenvalue weighted by atomic mass is 10.2. The van der Waals surface area contributed by atoms with Gasteiger partial charge in [-0.15, -0.1) is 6.42 Å². The van der Waals surface area contributed by atoms with Crippen molar-refractivity contribution in [3.8, 4) is 12.3 Å². The van der Waals surface area contributed by atoms with Gasteiger partial charge in [0.05, 0.1) is 0 Å². The van der Waals surface area contributed by atoms with E-state index in [0.717, 1.165) is 19.3 Å². The quantitative estimate of drug-likeness (QED) is 0.383. The predicted molar refractivity (Wildman–Crippen MR) is 37.2 cm³/mol. The number of terminal acetylenes is 1. The van der Waals surface area contributed by atoms with Gasteiger partial charge in [-0.3, -0.25) is 0 Å². The fourth-order valence-electron chi connectivity index (χ4n) is 0.414. The molecule has 0 saturated heterocycles. The van der Waals surface area contributed by atoms with Crippen molar-refractivity contribution in [2.45, 2.75) is 19.3 Å². The lowest BCUT2D eigenvalue weighted by molar-refractivity contribution is 0.866. The minimum Gasteiger partial charge on any atom is -0.115 e. The molecule has 0 aromatic rings. The van der Waals surface area contributed by atoms with Crippen molar-refractivity contribution in [1.82, 2.24) is 0 Å². The van der Waals surface area contributed by atoms with Crippen molar-refractivity contribution >= 4 is 0 Å². The molecule has 0 aromatic heterocycles. The average molecular weight is 107 g/mol. The third kappa shape index (κ3) is 5.30. The summed E-state index contributed by atoms with van der Waals surface area (Å²) in [6.07, 6.45) is 11.9. The van der Waals surface area contributed by atoms with Gasteiger partial charge in [-0.25, -0.2) is 0 Å². The Bertz CT molecular complexity index is 93.1. The van der Waals surface area contributed by atoms with E-state index in [9.17, 15) is 0 Å². The van der Waals surface area contributed by atoms with Crippen molar-refractivity contribution in [1.29, 1.82) is 0 Å². The van der Waals surface area contributed by atoms with Crippen LogP contribution in [0.3, 0.4) is 0 Å². The van der Waals surface area contributed by atoms with Gasteiger partial charge in [-0.2, -0.15) is 0 Å². The van der Waals surface area contributed by atoms with Crippen molar-refractivity contribution in [3.05, 3.63) is 19.1 Å². The molecule has 0 spiro atoms. The van der Waals surface area contributed by atoms with Crippen LogP contribution >= 0.6 is 0 Å². The zero-order valence-corrected chi connectivity index (χ0v) is 5.06. The molecule has 0 aliphatic carbocycles. The Balaban J connectivity index is 2.94. The molecule has 0 aliphatic rings. The molecule has 43 valence electrons. The number of rotatable bonds is 3. The number of allylic oxidation sites excluding steroid dienone is 2. The van der Waals surface area contributed by atoms with Gasteiger partial charge in [0.15, 0.2) is 0 Å². The first-order chi connectivity index (χ1) is 3.91. The summed E-state index contributed by atoms with van der Waals surface area (Å²) in [7, 11) is 0. The van der Waals surface area contributed by atoms with Gasteiger partial charge in [0.1, 0.15) is 0 Å². The minimum absolute atomic E-state index is 0.995. The summed E-state index contributed by atoms with van der Waals surface area (Å²) in [5, 5.41) is 0. The van der Waals surface area contributed by atoms with Gasteiger partial charge in [0.25, 0.3) is 0 Å². The topological polar surface area (TPSA) is 0 Å². The number of hydrogen-bond donors (Lipinski definition) is 0. The Hall–Kier alpha value is -0.700. The second kappa shape index (κ2) is 6.30. The van der Waals surface area contributed by atoms with E-state index in [1.807, 2.05) is 6.08 Å². The summed E-state index contributed by atoms with van der Waals surface area (Å²) >= 11 is 0. The molecule has 0 heterocycles. The van der Waals surface area contributed by atoms with Crippen LogP contribution in [0.1, 0.15) is 19.3 Å².